The first-order valence-electron chi connectivity index (χ1n) is 15.3. The van der Waals surface area contributed by atoms with Gasteiger partial charge in [0.2, 0.25) is 5.91 Å². The lowest BCUT2D eigenvalue weighted by Gasteiger charge is -2.21. The molecule has 0 saturated carbocycles. The maximum atomic E-state index is 12.3. The van der Waals surface area contributed by atoms with Crippen molar-refractivity contribution in [3.63, 3.8) is 0 Å². The Bertz CT molecular complexity index is 801. The number of aliphatic hydroxyl groups is 1. The van der Waals surface area contributed by atoms with Gasteiger partial charge < -0.3 is 10.4 Å². The highest BCUT2D eigenvalue weighted by molar-refractivity contribution is 7.85. The normalized spacial score (nSPS) is 14.3. The van der Waals surface area contributed by atoms with E-state index in [1.165, 1.54) is 51.0 Å². The summed E-state index contributed by atoms with van der Waals surface area (Å²) in [6.07, 6.45) is 34.0. The van der Waals surface area contributed by atoms with E-state index in [2.05, 4.69) is 55.6 Å². The van der Waals surface area contributed by atoms with E-state index in [1.807, 2.05) is 0 Å². The number of rotatable bonds is 26. The zero-order valence-electron chi connectivity index (χ0n) is 24.7. The van der Waals surface area contributed by atoms with E-state index in [0.717, 1.165) is 57.8 Å². The molecule has 2 unspecified atom stereocenters. The van der Waals surface area contributed by atoms with E-state index in [1.54, 1.807) is 6.08 Å². The summed E-state index contributed by atoms with van der Waals surface area (Å²) in [6, 6.07) is -1.07. The molecule has 1 amide bonds. The molecule has 0 rings (SSSR count). The molecule has 39 heavy (non-hydrogen) atoms. The van der Waals surface area contributed by atoms with Crippen molar-refractivity contribution in [1.29, 1.82) is 0 Å². The van der Waals surface area contributed by atoms with Gasteiger partial charge in [-0.1, -0.05) is 114 Å². The van der Waals surface area contributed by atoms with Crippen LogP contribution in [0.5, 0.6) is 0 Å². The summed E-state index contributed by atoms with van der Waals surface area (Å²) in [5.74, 6) is -1.02. The Morgan fingerprint density at radius 1 is 0.692 bits per heavy atom. The summed E-state index contributed by atoms with van der Waals surface area (Å²) in [4.78, 5) is 12.3. The molecule has 0 saturated heterocycles. The molecular formula is C32H57NO5S. The second-order valence-corrected chi connectivity index (χ2v) is 11.9. The number of allylic oxidation sites excluding steroid dienone is 7. The minimum atomic E-state index is -4.34. The SMILES string of the molecule is CCC/C=C/CC/C=C/C(O)C(CS(=O)(=O)O)NC(=O)CCCCCCCCC/C=C\C/C=C\CCCCC. The molecule has 0 fully saturated rings. The summed E-state index contributed by atoms with van der Waals surface area (Å²) in [7, 11) is -4.34. The van der Waals surface area contributed by atoms with Crippen molar-refractivity contribution in [1.82, 2.24) is 5.32 Å². The number of aliphatic hydroxyl groups excluding tert-OH is 1. The van der Waals surface area contributed by atoms with Gasteiger partial charge in [-0.25, -0.2) is 0 Å². The Morgan fingerprint density at radius 3 is 1.85 bits per heavy atom. The number of unbranched alkanes of at least 4 members (excludes halogenated alkanes) is 12. The van der Waals surface area contributed by atoms with Gasteiger partial charge in [0.25, 0.3) is 10.1 Å². The Labute approximate surface area is 239 Å². The van der Waals surface area contributed by atoms with Gasteiger partial charge >= 0.3 is 0 Å². The second-order valence-electron chi connectivity index (χ2n) is 10.4. The topological polar surface area (TPSA) is 104 Å². The van der Waals surface area contributed by atoms with Crippen molar-refractivity contribution in [2.45, 2.75) is 142 Å². The third kappa shape index (κ3) is 27.7. The molecule has 0 aromatic carbocycles. The highest BCUT2D eigenvalue weighted by atomic mass is 32.2. The average Bonchev–Trinajstić information content (AvgIpc) is 2.88. The number of carbonyl (C=O) groups is 1. The highest BCUT2D eigenvalue weighted by Gasteiger charge is 2.24. The van der Waals surface area contributed by atoms with Crippen LogP contribution in [0.15, 0.2) is 48.6 Å². The van der Waals surface area contributed by atoms with Crippen LogP contribution < -0.4 is 5.32 Å². The molecule has 226 valence electrons. The number of nitrogens with one attached hydrogen (secondary N) is 1. The second kappa shape index (κ2) is 26.5. The lowest BCUT2D eigenvalue weighted by atomic mass is 10.1. The van der Waals surface area contributed by atoms with E-state index in [-0.39, 0.29) is 12.3 Å². The fourth-order valence-electron chi connectivity index (χ4n) is 4.15. The molecule has 0 aromatic rings. The van der Waals surface area contributed by atoms with E-state index in [4.69, 9.17) is 0 Å². The van der Waals surface area contributed by atoms with E-state index in [9.17, 15) is 22.9 Å². The van der Waals surface area contributed by atoms with Crippen molar-refractivity contribution in [3.05, 3.63) is 48.6 Å². The number of amides is 1. The molecule has 2 atom stereocenters. The molecular weight excluding hydrogens is 510 g/mol. The van der Waals surface area contributed by atoms with Gasteiger partial charge in [0.05, 0.1) is 17.9 Å². The lowest BCUT2D eigenvalue weighted by molar-refractivity contribution is -0.122. The predicted molar refractivity (Wildman–Crippen MR) is 165 cm³/mol. The van der Waals surface area contributed by atoms with E-state index < -0.39 is 28.0 Å². The van der Waals surface area contributed by atoms with Gasteiger partial charge in [0.15, 0.2) is 0 Å². The van der Waals surface area contributed by atoms with Gasteiger partial charge in [-0.3, -0.25) is 9.35 Å². The lowest BCUT2D eigenvalue weighted by Crippen LogP contribution is -2.46. The Balaban J connectivity index is 4.02. The third-order valence-electron chi connectivity index (χ3n) is 6.46. The largest absolute Gasteiger partial charge is 0.387 e. The van der Waals surface area contributed by atoms with E-state index in [0.29, 0.717) is 6.42 Å². The maximum Gasteiger partial charge on any atom is 0.267 e. The summed E-state index contributed by atoms with van der Waals surface area (Å²) >= 11 is 0. The van der Waals surface area contributed by atoms with Crippen LogP contribution in [0.2, 0.25) is 0 Å². The summed E-state index contributed by atoms with van der Waals surface area (Å²) in [5.41, 5.74) is 0. The first-order chi connectivity index (χ1) is 18.8. The number of hydrogen-bond donors (Lipinski definition) is 3. The van der Waals surface area contributed by atoms with Crippen LogP contribution in [0, 0.1) is 0 Å². The average molecular weight is 568 g/mol. The fourth-order valence-corrected chi connectivity index (χ4v) is 4.88. The van der Waals surface area contributed by atoms with Gasteiger partial charge in [-0.05, 0) is 57.8 Å². The van der Waals surface area contributed by atoms with Crippen molar-refractivity contribution in [2.75, 3.05) is 5.75 Å². The zero-order chi connectivity index (χ0) is 29.0. The van der Waals surface area contributed by atoms with Crippen molar-refractivity contribution in [2.24, 2.45) is 0 Å². The highest BCUT2D eigenvalue weighted by Crippen LogP contribution is 2.11. The molecule has 6 nitrogen and oxygen atoms in total. The summed E-state index contributed by atoms with van der Waals surface area (Å²) < 4.78 is 32.0. The summed E-state index contributed by atoms with van der Waals surface area (Å²) in [5, 5.41) is 13.0. The summed E-state index contributed by atoms with van der Waals surface area (Å²) in [6.45, 7) is 4.34. The van der Waals surface area contributed by atoms with Crippen molar-refractivity contribution >= 4 is 16.0 Å². The molecule has 0 bridgehead atoms. The van der Waals surface area contributed by atoms with E-state index >= 15 is 0 Å². The molecule has 0 radical (unpaired) electrons. The Morgan fingerprint density at radius 2 is 1.23 bits per heavy atom. The fraction of sp³-hybridized carbons (Fsp3) is 0.719. The van der Waals surface area contributed by atoms with Crippen LogP contribution in [0.4, 0.5) is 0 Å². The predicted octanol–water partition coefficient (Wildman–Crippen LogP) is 8.01. The molecule has 0 aliphatic rings. The standard InChI is InChI=1S/C32H57NO5S/c1-3-5-7-9-11-12-13-14-15-16-17-18-19-20-22-24-26-28-32(35)33-30(29-39(36,37)38)31(34)27-25-23-21-10-8-6-4-2/h8,10-12,14-15,25,27,30-31,34H,3-7,9,13,16-24,26,28-29H2,1-2H3,(H,33,35)(H,36,37,38)/b10-8+,12-11-,15-14-,27-25+. The van der Waals surface area contributed by atoms with Gasteiger partial charge in [0, 0.05) is 6.42 Å². The Kier molecular flexibility index (Phi) is 25.4. The molecule has 0 aliphatic heterocycles. The Hall–Kier alpha value is -1.70. The van der Waals surface area contributed by atoms with Gasteiger partial charge in [0.1, 0.15) is 0 Å². The number of hydrogen-bond acceptors (Lipinski definition) is 4. The molecule has 0 aliphatic carbocycles. The van der Waals surface area contributed by atoms with Crippen LogP contribution in [-0.4, -0.2) is 41.9 Å². The smallest absolute Gasteiger partial charge is 0.267 e. The van der Waals surface area contributed by atoms with Crippen LogP contribution in [0.3, 0.4) is 0 Å². The van der Waals surface area contributed by atoms with Crippen LogP contribution in [0.25, 0.3) is 0 Å². The minimum Gasteiger partial charge on any atom is -0.387 e. The molecule has 3 N–H and O–H groups in total. The monoisotopic (exact) mass is 567 g/mol. The van der Waals surface area contributed by atoms with Crippen LogP contribution >= 0.6 is 0 Å². The van der Waals surface area contributed by atoms with Crippen molar-refractivity contribution < 1.29 is 22.9 Å². The van der Waals surface area contributed by atoms with Gasteiger partial charge in [-0.15, -0.1) is 0 Å². The first kappa shape index (κ1) is 37.3. The molecule has 0 heterocycles. The third-order valence-corrected chi connectivity index (χ3v) is 7.24. The quantitative estimate of drug-likeness (QED) is 0.0558. The molecule has 0 aromatic heterocycles. The molecule has 7 heteroatoms. The first-order valence-corrected chi connectivity index (χ1v) is 16.9. The van der Waals surface area contributed by atoms with Crippen molar-refractivity contribution in [3.8, 4) is 0 Å². The molecule has 0 spiro atoms. The van der Waals surface area contributed by atoms with Crippen LogP contribution in [-0.2, 0) is 14.9 Å². The zero-order valence-corrected chi connectivity index (χ0v) is 25.6. The minimum absolute atomic E-state index is 0.276. The van der Waals surface area contributed by atoms with Gasteiger partial charge in [-0.2, -0.15) is 8.42 Å². The maximum absolute atomic E-state index is 12.3. The van der Waals surface area contributed by atoms with Crippen LogP contribution in [0.1, 0.15) is 129 Å². The number of carbonyl (C=O) groups excluding carboxylic acids is 1.